The number of hydrogen-bond acceptors (Lipinski definition) is 5. The van der Waals surface area contributed by atoms with Crippen LogP contribution in [0.25, 0.3) is 27.9 Å². The number of hydrogen-bond donors (Lipinski definition) is 2. The first-order valence-corrected chi connectivity index (χ1v) is 11.3. The first kappa shape index (κ1) is 23.1. The maximum Gasteiger partial charge on any atom is 0.325 e. The number of aromatic nitrogens is 4. The van der Waals surface area contributed by atoms with Gasteiger partial charge in [-0.05, 0) is 47.5 Å². The van der Waals surface area contributed by atoms with Gasteiger partial charge in [0.2, 0.25) is 0 Å². The summed E-state index contributed by atoms with van der Waals surface area (Å²) in [6.45, 7) is 0.327. The van der Waals surface area contributed by atoms with Crippen LogP contribution in [0, 0.1) is 0 Å². The highest BCUT2D eigenvalue weighted by atomic mass is 35.5. The number of nitrogens with one attached hydrogen (secondary N) is 2. The molecule has 0 radical (unpaired) electrons. The third kappa shape index (κ3) is 4.89. The lowest BCUT2D eigenvalue weighted by atomic mass is 10.0. The molecule has 0 aliphatic carbocycles. The lowest BCUT2D eigenvalue weighted by Crippen LogP contribution is -2.24. The number of nitrogens with zero attached hydrogens (tertiary/aromatic N) is 2. The van der Waals surface area contributed by atoms with E-state index in [2.05, 4.69) is 15.0 Å². The number of pyridine rings is 2. The van der Waals surface area contributed by atoms with Crippen molar-refractivity contribution < 1.29 is 4.74 Å². The number of ether oxygens (including phenoxy) is 1. The zero-order valence-corrected chi connectivity index (χ0v) is 19.5. The molecule has 0 amide bonds. The van der Waals surface area contributed by atoms with Gasteiger partial charge >= 0.3 is 5.69 Å². The monoisotopic (exact) mass is 498 g/mol. The van der Waals surface area contributed by atoms with Gasteiger partial charge in [0.25, 0.3) is 11.1 Å². The summed E-state index contributed by atoms with van der Waals surface area (Å²) in [5, 5.41) is 0.384. The molecule has 8 nitrogen and oxygen atoms in total. The summed E-state index contributed by atoms with van der Waals surface area (Å²) in [6, 6.07) is 19.7. The summed E-state index contributed by atoms with van der Waals surface area (Å²) in [5.74, 6) is 0.487. The third-order valence-electron chi connectivity index (χ3n) is 5.50. The van der Waals surface area contributed by atoms with Gasteiger partial charge in [0.15, 0.2) is 0 Å². The Bertz CT molecular complexity index is 1710. The molecular weight excluding hydrogens is 480 g/mol. The molecule has 9 heteroatoms. The van der Waals surface area contributed by atoms with E-state index in [1.54, 1.807) is 48.8 Å². The lowest BCUT2D eigenvalue weighted by molar-refractivity contribution is 0.306. The molecule has 0 saturated heterocycles. The zero-order valence-electron chi connectivity index (χ0n) is 18.8. The summed E-state index contributed by atoms with van der Waals surface area (Å²) in [5.41, 5.74) is 1.34. The molecule has 5 aromatic rings. The Morgan fingerprint density at radius 3 is 2.50 bits per heavy atom. The predicted octanol–water partition coefficient (Wildman–Crippen LogP) is 4.18. The van der Waals surface area contributed by atoms with Crippen molar-refractivity contribution in [1.29, 1.82) is 0 Å². The molecule has 0 bridgehead atoms. The number of rotatable bonds is 6. The highest BCUT2D eigenvalue weighted by Gasteiger charge is 2.15. The van der Waals surface area contributed by atoms with E-state index in [9.17, 15) is 14.4 Å². The van der Waals surface area contributed by atoms with Crippen LogP contribution in [0.15, 0.2) is 106 Å². The molecule has 2 aromatic carbocycles. The van der Waals surface area contributed by atoms with E-state index < -0.39 is 11.2 Å². The van der Waals surface area contributed by atoms with Gasteiger partial charge in [0.1, 0.15) is 12.4 Å². The first-order chi connectivity index (χ1) is 17.5. The normalized spacial score (nSPS) is 10.8. The first-order valence-electron chi connectivity index (χ1n) is 10.9. The Hall–Kier alpha value is -4.69. The quantitative estimate of drug-likeness (QED) is 0.365. The lowest BCUT2D eigenvalue weighted by Gasteiger charge is -2.13. The molecule has 0 fully saturated rings. The van der Waals surface area contributed by atoms with Crippen molar-refractivity contribution in [3.63, 3.8) is 0 Å². The van der Waals surface area contributed by atoms with Crippen molar-refractivity contribution in [2.75, 3.05) is 0 Å². The molecule has 3 aromatic heterocycles. The average Bonchev–Trinajstić information content (AvgIpc) is 2.89. The molecule has 0 spiro atoms. The topological polar surface area (TPSA) is 110 Å². The maximum atomic E-state index is 13.6. The van der Waals surface area contributed by atoms with Gasteiger partial charge in [-0.15, -0.1) is 0 Å². The maximum absolute atomic E-state index is 13.6. The summed E-state index contributed by atoms with van der Waals surface area (Å²) >= 11 is 6.40. The molecule has 2 N–H and O–H groups in total. The van der Waals surface area contributed by atoms with Crippen LogP contribution in [-0.4, -0.2) is 19.5 Å². The van der Waals surface area contributed by atoms with Gasteiger partial charge in [-0.2, -0.15) is 0 Å². The Balaban J connectivity index is 1.65. The minimum atomic E-state index is -0.625. The van der Waals surface area contributed by atoms with Crippen LogP contribution in [-0.2, 0) is 6.61 Å². The van der Waals surface area contributed by atoms with Crippen LogP contribution in [0.4, 0.5) is 0 Å². The van der Waals surface area contributed by atoms with Crippen LogP contribution >= 0.6 is 11.6 Å². The smallest absolute Gasteiger partial charge is 0.325 e. The molecule has 0 saturated carbocycles. The summed E-state index contributed by atoms with van der Waals surface area (Å²) in [7, 11) is 0. The second kappa shape index (κ2) is 9.89. The third-order valence-corrected chi connectivity index (χ3v) is 5.72. The molecular formula is C27H19ClN4O4. The van der Waals surface area contributed by atoms with Gasteiger partial charge in [-0.1, -0.05) is 41.9 Å². The van der Waals surface area contributed by atoms with Crippen LogP contribution in [0.2, 0.25) is 5.02 Å². The Morgan fingerprint density at radius 2 is 1.75 bits per heavy atom. The van der Waals surface area contributed by atoms with Crippen molar-refractivity contribution in [1.82, 2.24) is 19.5 Å². The number of aromatic amines is 2. The van der Waals surface area contributed by atoms with Gasteiger partial charge in [-0.25, -0.2) is 4.79 Å². The SMILES string of the molecule is O=c1[nH]cc(-c2cc(-c3cc(Cl)cc(OCc4ccccc4)c3)c(=O)n(-c3cccnc3)c2)c(=O)[nH]1. The van der Waals surface area contributed by atoms with E-state index in [0.29, 0.717) is 34.2 Å². The minimum absolute atomic E-state index is 0.191. The largest absolute Gasteiger partial charge is 0.489 e. The van der Waals surface area contributed by atoms with Crippen LogP contribution < -0.4 is 21.5 Å². The molecule has 0 unspecified atom stereocenters. The zero-order chi connectivity index (χ0) is 25.1. The van der Waals surface area contributed by atoms with E-state index in [4.69, 9.17) is 16.3 Å². The van der Waals surface area contributed by atoms with E-state index in [1.165, 1.54) is 17.0 Å². The number of halogens is 1. The molecule has 0 aliphatic rings. The van der Waals surface area contributed by atoms with E-state index in [1.807, 2.05) is 30.3 Å². The second-order valence-electron chi connectivity index (χ2n) is 7.96. The summed E-state index contributed by atoms with van der Waals surface area (Å²) < 4.78 is 7.34. The standard InChI is InChI=1S/C27H19ClN4O4/c28-20-9-18(10-22(12-20)36-16-17-5-2-1-3-6-17)23-11-19(24-14-30-27(35)31-25(24)33)15-32(26(23)34)21-7-4-8-29-13-21/h1-15H,16H2,(H2,30,31,33,35). The Morgan fingerprint density at radius 1 is 0.917 bits per heavy atom. The number of benzene rings is 2. The van der Waals surface area contributed by atoms with Gasteiger partial charge < -0.3 is 9.72 Å². The van der Waals surface area contributed by atoms with E-state index >= 15 is 0 Å². The van der Waals surface area contributed by atoms with Gasteiger partial charge in [0.05, 0.1) is 17.4 Å². The van der Waals surface area contributed by atoms with E-state index in [-0.39, 0.29) is 16.7 Å². The summed E-state index contributed by atoms with van der Waals surface area (Å²) in [6.07, 6.45) is 5.98. The van der Waals surface area contributed by atoms with Gasteiger partial charge in [-0.3, -0.25) is 24.1 Å². The van der Waals surface area contributed by atoms with Crippen LogP contribution in [0.5, 0.6) is 5.75 Å². The fourth-order valence-electron chi connectivity index (χ4n) is 3.79. The fourth-order valence-corrected chi connectivity index (χ4v) is 4.02. The molecule has 178 valence electrons. The number of H-pyrrole nitrogens is 2. The Kier molecular flexibility index (Phi) is 6.34. The van der Waals surface area contributed by atoms with Crippen molar-refractivity contribution in [2.45, 2.75) is 6.61 Å². The Labute approximate surface area is 209 Å². The average molecular weight is 499 g/mol. The van der Waals surface area contributed by atoms with E-state index in [0.717, 1.165) is 5.56 Å². The van der Waals surface area contributed by atoms with Crippen molar-refractivity contribution in [3.8, 4) is 33.7 Å². The molecule has 3 heterocycles. The van der Waals surface area contributed by atoms with Crippen molar-refractivity contribution in [2.24, 2.45) is 0 Å². The summed E-state index contributed by atoms with van der Waals surface area (Å²) in [4.78, 5) is 46.5. The molecule has 5 rings (SSSR count). The molecule has 0 aliphatic heterocycles. The molecule has 36 heavy (non-hydrogen) atoms. The highest BCUT2D eigenvalue weighted by molar-refractivity contribution is 6.31. The minimum Gasteiger partial charge on any atom is -0.489 e. The fraction of sp³-hybridized carbons (Fsp3) is 0.0370. The van der Waals surface area contributed by atoms with Gasteiger partial charge in [0, 0.05) is 34.7 Å². The highest BCUT2D eigenvalue weighted by Crippen LogP contribution is 2.29. The second-order valence-corrected chi connectivity index (χ2v) is 8.40. The van der Waals surface area contributed by atoms with Crippen LogP contribution in [0.3, 0.4) is 0 Å². The molecule has 0 atom stereocenters. The predicted molar refractivity (Wildman–Crippen MR) is 138 cm³/mol. The van der Waals surface area contributed by atoms with Crippen molar-refractivity contribution >= 4 is 11.6 Å². The van der Waals surface area contributed by atoms with Crippen molar-refractivity contribution in [3.05, 3.63) is 133 Å². The van der Waals surface area contributed by atoms with Crippen LogP contribution in [0.1, 0.15) is 5.56 Å².